The van der Waals surface area contributed by atoms with Gasteiger partial charge in [-0.2, -0.15) is 13.2 Å². The second-order valence-electron chi connectivity index (χ2n) is 6.17. The summed E-state index contributed by atoms with van der Waals surface area (Å²) < 4.78 is 37.6. The molecular formula is C17H25F3IN3O. The van der Waals surface area contributed by atoms with Crippen LogP contribution < -0.4 is 10.6 Å². The van der Waals surface area contributed by atoms with E-state index in [4.69, 9.17) is 0 Å². The molecule has 1 aromatic rings. The largest absolute Gasteiger partial charge is 0.416 e. The Bertz CT molecular complexity index is 555. The van der Waals surface area contributed by atoms with Gasteiger partial charge in [-0.25, -0.2) is 4.99 Å². The number of aliphatic hydroxyl groups is 1. The number of alkyl halides is 3. The Morgan fingerprint density at radius 1 is 1.16 bits per heavy atom. The van der Waals surface area contributed by atoms with Crippen LogP contribution in [0.25, 0.3) is 0 Å². The first-order chi connectivity index (χ1) is 11.3. The summed E-state index contributed by atoms with van der Waals surface area (Å²) in [5.41, 5.74) is -0.659. The van der Waals surface area contributed by atoms with Gasteiger partial charge in [-0.1, -0.05) is 25.0 Å². The molecule has 0 amide bonds. The van der Waals surface area contributed by atoms with Crippen LogP contribution in [0.4, 0.5) is 13.2 Å². The van der Waals surface area contributed by atoms with Crippen molar-refractivity contribution in [1.29, 1.82) is 0 Å². The number of nitrogens with one attached hydrogen (secondary N) is 2. The molecule has 1 fully saturated rings. The van der Waals surface area contributed by atoms with E-state index in [0.29, 0.717) is 24.6 Å². The van der Waals surface area contributed by atoms with Gasteiger partial charge in [0.25, 0.3) is 0 Å². The quantitative estimate of drug-likeness (QED) is 0.349. The predicted octanol–water partition coefficient (Wildman–Crippen LogP) is 3.68. The van der Waals surface area contributed by atoms with E-state index in [1.807, 2.05) is 6.92 Å². The summed E-state index contributed by atoms with van der Waals surface area (Å²) in [6, 6.07) is 4.99. The number of nitrogens with zero attached hydrogens (tertiary/aromatic N) is 1. The van der Waals surface area contributed by atoms with Crippen molar-refractivity contribution in [3.8, 4) is 0 Å². The normalized spacial score (nSPS) is 17.1. The first-order valence-corrected chi connectivity index (χ1v) is 8.23. The highest BCUT2D eigenvalue weighted by Crippen LogP contribution is 2.29. The van der Waals surface area contributed by atoms with Crippen LogP contribution in [0.5, 0.6) is 0 Å². The zero-order chi connectivity index (χ0) is 17.6. The summed E-state index contributed by atoms with van der Waals surface area (Å²) in [7, 11) is 0. The average Bonchev–Trinajstić information content (AvgIpc) is 2.97. The van der Waals surface area contributed by atoms with Gasteiger partial charge in [0, 0.05) is 13.1 Å². The third-order valence-corrected chi connectivity index (χ3v) is 4.16. The Kier molecular flexibility index (Phi) is 8.46. The Morgan fingerprint density at radius 3 is 2.28 bits per heavy atom. The van der Waals surface area contributed by atoms with E-state index in [1.165, 1.54) is 12.1 Å². The molecule has 2 rings (SSSR count). The molecule has 1 aliphatic carbocycles. The lowest BCUT2D eigenvalue weighted by molar-refractivity contribution is -0.137. The van der Waals surface area contributed by atoms with E-state index >= 15 is 0 Å². The van der Waals surface area contributed by atoms with Crippen LogP contribution >= 0.6 is 24.0 Å². The van der Waals surface area contributed by atoms with Gasteiger partial charge in [0.2, 0.25) is 0 Å². The molecule has 0 bridgehead atoms. The molecule has 0 atom stereocenters. The van der Waals surface area contributed by atoms with E-state index < -0.39 is 17.3 Å². The molecule has 0 saturated heterocycles. The van der Waals surface area contributed by atoms with Crippen molar-refractivity contribution in [2.45, 2.75) is 50.9 Å². The molecule has 0 aliphatic heterocycles. The van der Waals surface area contributed by atoms with Crippen LogP contribution in [-0.2, 0) is 12.7 Å². The Labute approximate surface area is 163 Å². The maximum atomic E-state index is 12.5. The topological polar surface area (TPSA) is 56.7 Å². The summed E-state index contributed by atoms with van der Waals surface area (Å²) in [4.78, 5) is 4.37. The van der Waals surface area contributed by atoms with Crippen molar-refractivity contribution < 1.29 is 18.3 Å². The zero-order valence-electron chi connectivity index (χ0n) is 14.2. The Balaban J connectivity index is 0.00000312. The summed E-state index contributed by atoms with van der Waals surface area (Å²) >= 11 is 0. The van der Waals surface area contributed by atoms with Crippen molar-refractivity contribution in [2.75, 3.05) is 13.1 Å². The van der Waals surface area contributed by atoms with Gasteiger partial charge in [-0.15, -0.1) is 24.0 Å². The number of halogens is 4. The highest BCUT2D eigenvalue weighted by atomic mass is 127. The van der Waals surface area contributed by atoms with Crippen LogP contribution in [0, 0.1) is 0 Å². The average molecular weight is 471 g/mol. The van der Waals surface area contributed by atoms with Gasteiger partial charge < -0.3 is 15.7 Å². The molecule has 8 heteroatoms. The lowest BCUT2D eigenvalue weighted by atomic mass is 10.0. The summed E-state index contributed by atoms with van der Waals surface area (Å²) in [6.07, 6.45) is -0.722. The fraction of sp³-hybridized carbons (Fsp3) is 0.588. The van der Waals surface area contributed by atoms with Gasteiger partial charge in [0.1, 0.15) is 0 Å². The molecule has 0 spiro atoms. The van der Waals surface area contributed by atoms with Gasteiger partial charge in [0.15, 0.2) is 5.96 Å². The maximum absolute atomic E-state index is 12.5. The number of guanidine groups is 1. The fourth-order valence-electron chi connectivity index (χ4n) is 2.77. The van der Waals surface area contributed by atoms with Crippen molar-refractivity contribution >= 4 is 29.9 Å². The minimum atomic E-state index is -4.32. The molecule has 3 N–H and O–H groups in total. The van der Waals surface area contributed by atoms with Crippen molar-refractivity contribution in [2.24, 2.45) is 4.99 Å². The lowest BCUT2D eigenvalue weighted by Crippen LogP contribution is -2.46. The molecule has 0 aromatic heterocycles. The van der Waals surface area contributed by atoms with Crippen molar-refractivity contribution in [3.63, 3.8) is 0 Å². The molecule has 142 valence electrons. The van der Waals surface area contributed by atoms with E-state index in [0.717, 1.165) is 37.8 Å². The molecule has 4 nitrogen and oxygen atoms in total. The number of rotatable bonds is 5. The number of hydrogen-bond donors (Lipinski definition) is 3. The van der Waals surface area contributed by atoms with Gasteiger partial charge in [-0.05, 0) is 37.5 Å². The number of aliphatic imine (C=N–C) groups is 1. The standard InChI is InChI=1S/C17H24F3N3O.HI/c1-2-21-15(23-12-16(24)9-3-4-10-16)22-11-13-5-7-14(8-6-13)17(18,19)20;/h5-8,24H,2-4,9-12H2,1H3,(H2,21,22,23);1H. The molecule has 0 radical (unpaired) electrons. The summed E-state index contributed by atoms with van der Waals surface area (Å²) in [5.74, 6) is 0.553. The Hall–Kier alpha value is -1.03. The minimum absolute atomic E-state index is 0. The predicted molar refractivity (Wildman–Crippen MR) is 103 cm³/mol. The highest BCUT2D eigenvalue weighted by Gasteiger charge is 2.31. The number of hydrogen-bond acceptors (Lipinski definition) is 2. The molecule has 1 saturated carbocycles. The van der Waals surface area contributed by atoms with E-state index in [9.17, 15) is 18.3 Å². The van der Waals surface area contributed by atoms with Crippen molar-refractivity contribution in [1.82, 2.24) is 10.6 Å². The lowest BCUT2D eigenvalue weighted by Gasteiger charge is -2.23. The number of benzene rings is 1. The SMILES string of the molecule is CCNC(=NCc1ccc(C(F)(F)F)cc1)NCC1(O)CCCC1.I. The van der Waals surface area contributed by atoms with Crippen molar-refractivity contribution in [3.05, 3.63) is 35.4 Å². The van der Waals surface area contributed by atoms with Crippen LogP contribution in [0.1, 0.15) is 43.7 Å². The van der Waals surface area contributed by atoms with Crippen LogP contribution in [0.3, 0.4) is 0 Å². The minimum Gasteiger partial charge on any atom is -0.388 e. The second-order valence-corrected chi connectivity index (χ2v) is 6.17. The van der Waals surface area contributed by atoms with E-state index in [1.54, 1.807) is 0 Å². The first-order valence-electron chi connectivity index (χ1n) is 8.23. The van der Waals surface area contributed by atoms with Gasteiger partial charge >= 0.3 is 6.18 Å². The van der Waals surface area contributed by atoms with Crippen LogP contribution in [0.15, 0.2) is 29.3 Å². The molecule has 1 aromatic carbocycles. The fourth-order valence-corrected chi connectivity index (χ4v) is 2.77. The third-order valence-electron chi connectivity index (χ3n) is 4.16. The second kappa shape index (κ2) is 9.61. The van der Waals surface area contributed by atoms with E-state index in [-0.39, 0.29) is 30.5 Å². The van der Waals surface area contributed by atoms with E-state index in [2.05, 4.69) is 15.6 Å². The first kappa shape index (κ1) is 22.0. The van der Waals surface area contributed by atoms with Gasteiger partial charge in [-0.3, -0.25) is 0 Å². The highest BCUT2D eigenvalue weighted by molar-refractivity contribution is 14.0. The van der Waals surface area contributed by atoms with Crippen LogP contribution in [0.2, 0.25) is 0 Å². The molecule has 25 heavy (non-hydrogen) atoms. The summed E-state index contributed by atoms with van der Waals surface area (Å²) in [6.45, 7) is 3.29. The molecule has 0 unspecified atom stereocenters. The zero-order valence-corrected chi connectivity index (χ0v) is 16.5. The summed E-state index contributed by atoms with van der Waals surface area (Å²) in [5, 5.41) is 16.5. The molecule has 1 aliphatic rings. The van der Waals surface area contributed by atoms with Crippen LogP contribution in [-0.4, -0.2) is 29.8 Å². The smallest absolute Gasteiger partial charge is 0.388 e. The third kappa shape index (κ3) is 7.01. The Morgan fingerprint density at radius 2 is 1.76 bits per heavy atom. The van der Waals surface area contributed by atoms with Gasteiger partial charge in [0.05, 0.1) is 17.7 Å². The molecular weight excluding hydrogens is 446 g/mol. The molecule has 0 heterocycles. The maximum Gasteiger partial charge on any atom is 0.416 e. The monoisotopic (exact) mass is 471 g/mol.